The number of halogens is 3. The fourth-order valence-corrected chi connectivity index (χ4v) is 4.53. The van der Waals surface area contributed by atoms with E-state index in [0.717, 1.165) is 11.8 Å². The van der Waals surface area contributed by atoms with E-state index in [9.17, 15) is 14.8 Å². The maximum absolute atomic E-state index is 12.6. The molecule has 2 aromatic carbocycles. The summed E-state index contributed by atoms with van der Waals surface area (Å²) in [6.45, 7) is 3.50. The van der Waals surface area contributed by atoms with Crippen LogP contribution in [0.3, 0.4) is 0 Å². The predicted octanol–water partition coefficient (Wildman–Crippen LogP) is 4.55. The highest BCUT2D eigenvalue weighted by Crippen LogP contribution is 2.28. The molecule has 204 valence electrons. The van der Waals surface area contributed by atoms with Gasteiger partial charge in [-0.1, -0.05) is 58.4 Å². The number of hydrogen-bond donors (Lipinski definition) is 2. The van der Waals surface area contributed by atoms with Crippen LogP contribution in [0.2, 0.25) is 15.1 Å². The Kier molecular flexibility index (Phi) is 9.17. The first-order chi connectivity index (χ1) is 19.0. The molecular formula is C26H20Cl3N7O3S. The Morgan fingerprint density at radius 1 is 1.07 bits per heavy atom. The lowest BCUT2D eigenvalue weighted by atomic mass is 10.0. The number of nitrogens with zero attached hydrogens (tertiary/aromatic N) is 5. The van der Waals surface area contributed by atoms with Crippen molar-refractivity contribution in [2.75, 3.05) is 11.1 Å². The standard InChI is InChI=1S/C26H20Cl3N7O3S/c1-26(2,31-24(38)17-8-11-35(39)12-9-17)10-7-16-3-6-21(20(29)13-16)30-23(37)15-40-25-32-33-34-36(25)22-14-18(27)4-5-19(22)28/h3-6,8-9,11-14H,15H2,1-2H3,(H,30,37)(H,31,38). The van der Waals surface area contributed by atoms with Crippen LogP contribution in [-0.2, 0) is 4.79 Å². The molecule has 0 aliphatic rings. The average Bonchev–Trinajstić information content (AvgIpc) is 3.37. The molecule has 0 atom stereocenters. The predicted molar refractivity (Wildman–Crippen MR) is 154 cm³/mol. The van der Waals surface area contributed by atoms with Gasteiger partial charge in [0.1, 0.15) is 0 Å². The summed E-state index contributed by atoms with van der Waals surface area (Å²) in [6, 6.07) is 12.7. The number of carbonyl (C=O) groups is 2. The zero-order chi connectivity index (χ0) is 28.9. The molecule has 0 saturated heterocycles. The third kappa shape index (κ3) is 7.64. The third-order valence-electron chi connectivity index (χ3n) is 5.16. The van der Waals surface area contributed by atoms with Crippen LogP contribution in [0, 0.1) is 17.0 Å². The molecule has 14 heteroatoms. The Morgan fingerprint density at radius 3 is 2.55 bits per heavy atom. The van der Waals surface area contributed by atoms with E-state index in [2.05, 4.69) is 38.0 Å². The Balaban J connectivity index is 1.36. The van der Waals surface area contributed by atoms with Crippen molar-refractivity contribution in [3.05, 3.63) is 92.3 Å². The molecular weight excluding hydrogens is 597 g/mol. The third-order valence-corrected chi connectivity index (χ3v) is 6.95. The molecule has 0 aliphatic carbocycles. The van der Waals surface area contributed by atoms with Crippen LogP contribution in [0.4, 0.5) is 5.69 Å². The lowest BCUT2D eigenvalue weighted by Gasteiger charge is -2.19. The second-order valence-corrected chi connectivity index (χ2v) is 11.0. The second kappa shape index (κ2) is 12.6. The number of amides is 2. The molecule has 4 rings (SSSR count). The van der Waals surface area contributed by atoms with Crippen molar-refractivity contribution in [1.29, 1.82) is 0 Å². The molecule has 2 heterocycles. The highest BCUT2D eigenvalue weighted by molar-refractivity contribution is 7.99. The minimum absolute atomic E-state index is 0.000558. The maximum atomic E-state index is 12.6. The van der Waals surface area contributed by atoms with Crippen LogP contribution in [0.25, 0.3) is 5.69 Å². The SMILES string of the molecule is CC(C)(C#Cc1ccc(NC(=O)CSc2nnnn2-c2cc(Cl)ccc2Cl)c(Cl)c1)NC(=O)c1cc[n+]([O-])cc1. The molecule has 4 aromatic rings. The van der Waals surface area contributed by atoms with Crippen LogP contribution in [0.1, 0.15) is 29.8 Å². The summed E-state index contributed by atoms with van der Waals surface area (Å²) >= 11 is 19.8. The molecule has 2 aromatic heterocycles. The molecule has 0 fully saturated rings. The molecule has 0 spiro atoms. The molecule has 40 heavy (non-hydrogen) atoms. The zero-order valence-electron chi connectivity index (χ0n) is 21.0. The van der Waals surface area contributed by atoms with Crippen molar-refractivity contribution in [2.24, 2.45) is 0 Å². The second-order valence-electron chi connectivity index (χ2n) is 8.78. The van der Waals surface area contributed by atoms with Gasteiger partial charge in [0.15, 0.2) is 12.4 Å². The van der Waals surface area contributed by atoms with E-state index < -0.39 is 5.54 Å². The van der Waals surface area contributed by atoms with Gasteiger partial charge in [0, 0.05) is 22.7 Å². The fraction of sp³-hybridized carbons (Fsp3) is 0.154. The van der Waals surface area contributed by atoms with Gasteiger partial charge in [-0.05, 0) is 60.7 Å². The number of thioether (sulfide) groups is 1. The van der Waals surface area contributed by atoms with Crippen molar-refractivity contribution in [2.45, 2.75) is 24.5 Å². The van der Waals surface area contributed by atoms with E-state index in [4.69, 9.17) is 34.8 Å². The first kappa shape index (κ1) is 29.2. The van der Waals surface area contributed by atoms with E-state index in [1.54, 1.807) is 50.2 Å². The smallest absolute Gasteiger partial charge is 0.252 e. The van der Waals surface area contributed by atoms with E-state index in [0.29, 0.717) is 42.4 Å². The number of nitrogens with one attached hydrogen (secondary N) is 2. The number of rotatable bonds is 7. The van der Waals surface area contributed by atoms with Crippen molar-refractivity contribution < 1.29 is 14.3 Å². The van der Waals surface area contributed by atoms with Crippen LogP contribution in [0.15, 0.2) is 66.1 Å². The average molecular weight is 617 g/mol. The molecule has 0 unspecified atom stereocenters. The highest BCUT2D eigenvalue weighted by Gasteiger charge is 2.19. The van der Waals surface area contributed by atoms with Crippen LogP contribution in [-0.4, -0.2) is 43.3 Å². The molecule has 2 N–H and O–H groups in total. The van der Waals surface area contributed by atoms with Crippen LogP contribution >= 0.6 is 46.6 Å². The normalized spacial score (nSPS) is 10.9. The fourth-order valence-electron chi connectivity index (χ4n) is 3.26. The Bertz CT molecular complexity index is 1630. The number of anilines is 1. The summed E-state index contributed by atoms with van der Waals surface area (Å²) in [5.74, 6) is 5.29. The zero-order valence-corrected chi connectivity index (χ0v) is 24.1. The molecule has 2 amide bonds. The Morgan fingerprint density at radius 2 is 1.82 bits per heavy atom. The first-order valence-corrected chi connectivity index (χ1v) is 13.6. The first-order valence-electron chi connectivity index (χ1n) is 11.5. The van der Waals surface area contributed by atoms with Gasteiger partial charge < -0.3 is 15.8 Å². The summed E-state index contributed by atoms with van der Waals surface area (Å²) in [7, 11) is 0. The molecule has 10 nitrogen and oxygen atoms in total. The number of hydrogen-bond acceptors (Lipinski definition) is 7. The summed E-state index contributed by atoms with van der Waals surface area (Å²) in [5.41, 5.74) is 0.948. The topological polar surface area (TPSA) is 129 Å². The van der Waals surface area contributed by atoms with E-state index in [1.165, 1.54) is 29.2 Å². The van der Waals surface area contributed by atoms with E-state index in [-0.39, 0.29) is 22.6 Å². The number of tetrazole rings is 1. The summed E-state index contributed by atoms with van der Waals surface area (Å²) in [5, 5.41) is 29.8. The molecule has 0 saturated carbocycles. The van der Waals surface area contributed by atoms with Gasteiger partial charge >= 0.3 is 0 Å². The lowest BCUT2D eigenvalue weighted by Crippen LogP contribution is -2.42. The van der Waals surface area contributed by atoms with Gasteiger partial charge in [0.2, 0.25) is 11.1 Å². The quantitative estimate of drug-likeness (QED) is 0.135. The van der Waals surface area contributed by atoms with Crippen LogP contribution < -0.4 is 15.4 Å². The van der Waals surface area contributed by atoms with E-state index >= 15 is 0 Å². The summed E-state index contributed by atoms with van der Waals surface area (Å²) in [4.78, 5) is 25.1. The van der Waals surface area contributed by atoms with Crippen molar-refractivity contribution in [3.8, 4) is 17.5 Å². The van der Waals surface area contributed by atoms with Gasteiger partial charge in [-0.15, -0.1) is 5.10 Å². The van der Waals surface area contributed by atoms with Crippen molar-refractivity contribution >= 4 is 64.1 Å². The highest BCUT2D eigenvalue weighted by atomic mass is 35.5. The van der Waals surface area contributed by atoms with Gasteiger partial charge in [-0.25, -0.2) is 0 Å². The molecule has 0 radical (unpaired) electrons. The minimum atomic E-state index is -0.873. The van der Waals surface area contributed by atoms with Crippen molar-refractivity contribution in [3.63, 3.8) is 0 Å². The number of aromatic nitrogens is 5. The van der Waals surface area contributed by atoms with Gasteiger partial charge in [-0.2, -0.15) is 9.41 Å². The number of benzene rings is 2. The van der Waals surface area contributed by atoms with Gasteiger partial charge in [-0.3, -0.25) is 9.59 Å². The molecule has 0 bridgehead atoms. The Labute approximate surface area is 248 Å². The lowest BCUT2D eigenvalue weighted by molar-refractivity contribution is -0.605. The van der Waals surface area contributed by atoms with E-state index in [1.807, 2.05) is 0 Å². The monoisotopic (exact) mass is 615 g/mol. The minimum Gasteiger partial charge on any atom is -0.619 e. The van der Waals surface area contributed by atoms with Crippen LogP contribution in [0.5, 0.6) is 0 Å². The largest absolute Gasteiger partial charge is 0.619 e. The number of pyridine rings is 1. The van der Waals surface area contributed by atoms with Gasteiger partial charge in [0.25, 0.3) is 5.91 Å². The summed E-state index contributed by atoms with van der Waals surface area (Å²) < 4.78 is 2.00. The maximum Gasteiger partial charge on any atom is 0.252 e. The number of carbonyl (C=O) groups excluding carboxylic acids is 2. The Hall–Kier alpha value is -3.82. The summed E-state index contributed by atoms with van der Waals surface area (Å²) in [6.07, 6.45) is 2.49. The van der Waals surface area contributed by atoms with Gasteiger partial charge in [0.05, 0.1) is 38.3 Å². The van der Waals surface area contributed by atoms with Crippen molar-refractivity contribution in [1.82, 2.24) is 25.5 Å². The molecule has 0 aliphatic heterocycles.